The summed E-state index contributed by atoms with van der Waals surface area (Å²) in [7, 11) is 0. The lowest BCUT2D eigenvalue weighted by molar-refractivity contribution is 0.0930. The molecule has 2 aliphatic rings. The van der Waals surface area contributed by atoms with Crippen molar-refractivity contribution in [1.82, 2.24) is 15.6 Å². The molecular formula is C25H24N4O2. The largest absolute Gasteiger partial charge is 0.492 e. The summed E-state index contributed by atoms with van der Waals surface area (Å²) in [4.78, 5) is 17.7. The van der Waals surface area contributed by atoms with Crippen molar-refractivity contribution in [3.8, 4) is 11.8 Å². The van der Waals surface area contributed by atoms with Gasteiger partial charge in [0.05, 0.1) is 22.7 Å². The van der Waals surface area contributed by atoms with Gasteiger partial charge in [-0.2, -0.15) is 5.26 Å². The predicted molar refractivity (Wildman–Crippen MR) is 118 cm³/mol. The van der Waals surface area contributed by atoms with Crippen molar-refractivity contribution in [2.45, 2.75) is 37.8 Å². The smallest absolute Gasteiger partial charge is 0.252 e. The SMILES string of the molecule is Cc1ccc(OC[C@@H]2CCN2)cc1C(=O)NC1(c2cc(C#N)cc3ncccc23)CC1. The van der Waals surface area contributed by atoms with Crippen molar-refractivity contribution in [2.24, 2.45) is 0 Å². The van der Waals surface area contributed by atoms with Gasteiger partial charge >= 0.3 is 0 Å². The Bertz CT molecular complexity index is 1210. The van der Waals surface area contributed by atoms with Crippen molar-refractivity contribution in [2.75, 3.05) is 13.2 Å². The van der Waals surface area contributed by atoms with E-state index in [1.807, 2.05) is 43.3 Å². The minimum atomic E-state index is -0.468. The summed E-state index contributed by atoms with van der Waals surface area (Å²) < 4.78 is 5.89. The zero-order valence-corrected chi connectivity index (χ0v) is 17.4. The molecule has 0 unspecified atom stereocenters. The van der Waals surface area contributed by atoms with Gasteiger partial charge in [0.1, 0.15) is 12.4 Å². The molecule has 1 aromatic heterocycles. The number of aromatic nitrogens is 1. The fourth-order valence-electron chi connectivity index (χ4n) is 4.14. The van der Waals surface area contributed by atoms with E-state index in [2.05, 4.69) is 21.7 Å². The first kappa shape index (κ1) is 19.5. The molecule has 1 amide bonds. The van der Waals surface area contributed by atoms with E-state index in [1.165, 1.54) is 0 Å². The highest BCUT2D eigenvalue weighted by molar-refractivity contribution is 5.97. The van der Waals surface area contributed by atoms with E-state index >= 15 is 0 Å². The standard InChI is InChI=1S/C25H24N4O2/c1-16-4-5-19(31-15-18-6-10-27-18)13-21(16)24(30)29-25(7-8-25)22-11-17(14-26)12-23-20(22)3-2-9-28-23/h2-5,9,11-13,18,27H,6-8,10,15H2,1H3,(H,29,30)/t18-/m0/s1. The van der Waals surface area contributed by atoms with Gasteiger partial charge in [-0.1, -0.05) is 12.1 Å². The maximum Gasteiger partial charge on any atom is 0.252 e. The van der Waals surface area contributed by atoms with Crippen molar-refractivity contribution in [3.05, 3.63) is 70.9 Å². The van der Waals surface area contributed by atoms with E-state index in [-0.39, 0.29) is 5.91 Å². The number of nitriles is 1. The minimum absolute atomic E-state index is 0.123. The fraction of sp³-hybridized carbons (Fsp3) is 0.320. The third-order valence-electron chi connectivity index (χ3n) is 6.30. The molecule has 1 aliphatic heterocycles. The highest BCUT2D eigenvalue weighted by Gasteiger charge is 2.47. The number of fused-ring (bicyclic) bond motifs is 1. The van der Waals surface area contributed by atoms with Crippen molar-refractivity contribution >= 4 is 16.8 Å². The van der Waals surface area contributed by atoms with E-state index in [9.17, 15) is 10.1 Å². The molecule has 5 rings (SSSR count). The zero-order valence-electron chi connectivity index (χ0n) is 17.4. The molecule has 1 atom stereocenters. The van der Waals surface area contributed by atoms with Crippen LogP contribution in [0.5, 0.6) is 5.75 Å². The summed E-state index contributed by atoms with van der Waals surface area (Å²) in [6.45, 7) is 3.57. The molecule has 2 aromatic carbocycles. The quantitative estimate of drug-likeness (QED) is 0.646. The Labute approximate surface area is 181 Å². The van der Waals surface area contributed by atoms with Crippen molar-refractivity contribution in [3.63, 3.8) is 0 Å². The summed E-state index contributed by atoms with van der Waals surface area (Å²) >= 11 is 0. The van der Waals surface area contributed by atoms with Gasteiger partial charge in [0.15, 0.2) is 0 Å². The van der Waals surface area contributed by atoms with Gasteiger partial charge in [-0.25, -0.2) is 0 Å². The number of nitrogens with one attached hydrogen (secondary N) is 2. The lowest BCUT2D eigenvalue weighted by Crippen LogP contribution is -2.46. The molecule has 0 bridgehead atoms. The van der Waals surface area contributed by atoms with E-state index in [0.29, 0.717) is 29.5 Å². The molecule has 6 heteroatoms. The summed E-state index contributed by atoms with van der Waals surface area (Å²) in [6, 6.07) is 15.8. The third-order valence-corrected chi connectivity index (χ3v) is 6.30. The predicted octanol–water partition coefficient (Wildman–Crippen LogP) is 3.57. The summed E-state index contributed by atoms with van der Waals surface area (Å²) in [5, 5.41) is 17.0. The molecule has 6 nitrogen and oxygen atoms in total. The number of hydrogen-bond acceptors (Lipinski definition) is 5. The van der Waals surface area contributed by atoms with Crippen LogP contribution in [0.4, 0.5) is 0 Å². The van der Waals surface area contributed by atoms with Crippen LogP contribution in [-0.2, 0) is 5.54 Å². The Balaban J connectivity index is 1.42. The second kappa shape index (κ2) is 7.68. The summed E-state index contributed by atoms with van der Waals surface area (Å²) in [5.74, 6) is 0.581. The van der Waals surface area contributed by atoms with Gasteiger partial charge in [-0.3, -0.25) is 9.78 Å². The Morgan fingerprint density at radius 3 is 2.87 bits per heavy atom. The third kappa shape index (κ3) is 3.73. The van der Waals surface area contributed by atoms with Crippen LogP contribution in [0, 0.1) is 18.3 Å². The second-order valence-corrected chi connectivity index (χ2v) is 8.47. The van der Waals surface area contributed by atoms with E-state index in [0.717, 1.165) is 47.8 Å². The highest BCUT2D eigenvalue weighted by Crippen LogP contribution is 2.48. The van der Waals surface area contributed by atoms with Crippen LogP contribution >= 0.6 is 0 Å². The molecule has 0 radical (unpaired) electrons. The molecular weight excluding hydrogens is 388 g/mol. The van der Waals surface area contributed by atoms with Crippen LogP contribution in [0.1, 0.15) is 46.3 Å². The van der Waals surface area contributed by atoms with Crippen LogP contribution in [-0.4, -0.2) is 30.1 Å². The van der Waals surface area contributed by atoms with Gasteiger partial charge < -0.3 is 15.4 Å². The normalized spacial score (nSPS) is 18.6. The molecule has 2 N–H and O–H groups in total. The van der Waals surface area contributed by atoms with Gasteiger partial charge in [0.25, 0.3) is 5.91 Å². The number of amides is 1. The van der Waals surface area contributed by atoms with Gasteiger partial charge in [0.2, 0.25) is 0 Å². The molecule has 31 heavy (non-hydrogen) atoms. The number of ether oxygens (including phenoxy) is 1. The fourth-order valence-corrected chi connectivity index (χ4v) is 4.14. The molecule has 1 saturated carbocycles. The van der Waals surface area contributed by atoms with E-state index in [4.69, 9.17) is 4.74 Å². The molecule has 0 spiro atoms. The highest BCUT2D eigenvalue weighted by atomic mass is 16.5. The Morgan fingerprint density at radius 2 is 2.16 bits per heavy atom. The lowest BCUT2D eigenvalue weighted by Gasteiger charge is -2.27. The van der Waals surface area contributed by atoms with Crippen molar-refractivity contribution < 1.29 is 9.53 Å². The topological polar surface area (TPSA) is 87.0 Å². The number of aryl methyl sites for hydroxylation is 1. The minimum Gasteiger partial charge on any atom is -0.492 e. The van der Waals surface area contributed by atoms with Crippen molar-refractivity contribution in [1.29, 1.82) is 5.26 Å². The van der Waals surface area contributed by atoms with Gasteiger partial charge in [0, 0.05) is 23.2 Å². The van der Waals surface area contributed by atoms with Crippen LogP contribution in [0.25, 0.3) is 10.9 Å². The number of benzene rings is 2. The number of rotatable bonds is 6. The Kier molecular flexibility index (Phi) is 4.84. The number of carbonyl (C=O) groups excluding carboxylic acids is 1. The lowest BCUT2D eigenvalue weighted by atomic mass is 9.96. The zero-order chi connectivity index (χ0) is 21.4. The molecule has 3 aromatic rings. The Morgan fingerprint density at radius 1 is 1.32 bits per heavy atom. The van der Waals surface area contributed by atoms with E-state index in [1.54, 1.807) is 12.3 Å². The molecule has 2 heterocycles. The first-order valence-electron chi connectivity index (χ1n) is 10.7. The van der Waals surface area contributed by atoms with Crippen LogP contribution in [0.3, 0.4) is 0 Å². The Hall–Kier alpha value is -3.43. The van der Waals surface area contributed by atoms with Gasteiger partial charge in [-0.15, -0.1) is 0 Å². The maximum atomic E-state index is 13.3. The maximum absolute atomic E-state index is 13.3. The average molecular weight is 412 g/mol. The molecule has 156 valence electrons. The summed E-state index contributed by atoms with van der Waals surface area (Å²) in [6.07, 6.45) is 4.51. The second-order valence-electron chi connectivity index (χ2n) is 8.47. The number of nitrogens with zero attached hydrogens (tertiary/aromatic N) is 2. The first-order chi connectivity index (χ1) is 15.1. The number of hydrogen-bond donors (Lipinski definition) is 2. The molecule has 1 aliphatic carbocycles. The number of carbonyl (C=O) groups is 1. The average Bonchev–Trinajstić information content (AvgIpc) is 3.53. The molecule has 1 saturated heterocycles. The molecule has 2 fully saturated rings. The van der Waals surface area contributed by atoms with Crippen LogP contribution in [0.15, 0.2) is 48.7 Å². The first-order valence-corrected chi connectivity index (χ1v) is 10.7. The van der Waals surface area contributed by atoms with Crippen LogP contribution < -0.4 is 15.4 Å². The monoisotopic (exact) mass is 412 g/mol. The van der Waals surface area contributed by atoms with Crippen LogP contribution in [0.2, 0.25) is 0 Å². The van der Waals surface area contributed by atoms with Gasteiger partial charge in [-0.05, 0) is 74.2 Å². The van der Waals surface area contributed by atoms with E-state index < -0.39 is 5.54 Å². The number of pyridine rings is 1. The summed E-state index contributed by atoms with van der Waals surface area (Å²) in [5.41, 5.74) is 3.34.